The van der Waals surface area contributed by atoms with Gasteiger partial charge in [-0.05, 0) is 12.1 Å². The van der Waals surface area contributed by atoms with E-state index in [0.717, 1.165) is 6.07 Å². The Morgan fingerprint density at radius 1 is 1.21 bits per heavy atom. The van der Waals surface area contributed by atoms with E-state index >= 15 is 0 Å². The molecule has 0 unspecified atom stereocenters. The molecule has 0 saturated heterocycles. The lowest BCUT2D eigenvalue weighted by atomic mass is 10.1. The van der Waals surface area contributed by atoms with Gasteiger partial charge in [-0.2, -0.15) is 8.78 Å². The molecule has 0 aliphatic carbocycles. The number of aliphatic hydroxyl groups excluding tert-OH is 1. The Kier molecular flexibility index (Phi) is 3.29. The first kappa shape index (κ1) is 11.6. The lowest BCUT2D eigenvalue weighted by Gasteiger charge is -2.15. The van der Waals surface area contributed by atoms with E-state index in [1.807, 2.05) is 0 Å². The summed E-state index contributed by atoms with van der Waals surface area (Å²) in [4.78, 5) is 0. The minimum absolute atomic E-state index is 0.340. The number of hydrogen-bond donors (Lipinski definition) is 1. The Hall–Kier alpha value is -0.450. The molecule has 1 N–H and O–H groups in total. The molecule has 78 valence electrons. The smallest absolute Gasteiger partial charge is 0.297 e. The zero-order chi connectivity index (χ0) is 10.9. The number of benzene rings is 1. The molecule has 0 aromatic heterocycles. The highest BCUT2D eigenvalue weighted by Gasteiger charge is 2.33. The Morgan fingerprint density at radius 3 is 2.29 bits per heavy atom. The van der Waals surface area contributed by atoms with Crippen LogP contribution in [0.15, 0.2) is 12.1 Å². The van der Waals surface area contributed by atoms with Crippen molar-refractivity contribution < 1.29 is 18.3 Å². The molecule has 0 fully saturated rings. The van der Waals surface area contributed by atoms with E-state index in [0.29, 0.717) is 6.07 Å². The number of halogens is 5. The van der Waals surface area contributed by atoms with Crippen LogP contribution in [0.5, 0.6) is 0 Å². The molecular weight excluding hydrogens is 240 g/mol. The molecule has 14 heavy (non-hydrogen) atoms. The minimum Gasteiger partial charge on any atom is -0.390 e. The van der Waals surface area contributed by atoms with Crippen LogP contribution in [0.2, 0.25) is 10.0 Å². The molecule has 1 aromatic carbocycles. The normalized spacial score (nSPS) is 11.9. The van der Waals surface area contributed by atoms with Crippen LogP contribution in [0.25, 0.3) is 0 Å². The van der Waals surface area contributed by atoms with Crippen molar-refractivity contribution in [2.24, 2.45) is 0 Å². The maximum atomic E-state index is 12.9. The molecule has 0 spiro atoms. The molecule has 0 amide bonds. The van der Waals surface area contributed by atoms with Crippen LogP contribution < -0.4 is 0 Å². The summed E-state index contributed by atoms with van der Waals surface area (Å²) in [5, 5.41) is 7.65. The van der Waals surface area contributed by atoms with Crippen LogP contribution in [0.1, 0.15) is 5.56 Å². The fourth-order valence-corrected chi connectivity index (χ4v) is 1.41. The molecular formula is C8H5Cl2F3O. The van der Waals surface area contributed by atoms with E-state index in [9.17, 15) is 13.2 Å². The Morgan fingerprint density at radius 2 is 1.79 bits per heavy atom. The predicted molar refractivity (Wildman–Crippen MR) is 47.4 cm³/mol. The van der Waals surface area contributed by atoms with E-state index in [4.69, 9.17) is 28.3 Å². The summed E-state index contributed by atoms with van der Waals surface area (Å²) in [6.45, 7) is -1.44. The fourth-order valence-electron chi connectivity index (χ4n) is 0.888. The third-order valence-corrected chi connectivity index (χ3v) is 2.20. The van der Waals surface area contributed by atoms with Crippen molar-refractivity contribution in [1.82, 2.24) is 0 Å². The topological polar surface area (TPSA) is 20.2 Å². The van der Waals surface area contributed by atoms with Crippen molar-refractivity contribution in [2.75, 3.05) is 6.61 Å². The SMILES string of the molecule is OCC(F)(F)c1cc(F)c(Cl)cc1Cl. The van der Waals surface area contributed by atoms with Crippen LogP contribution in [0, 0.1) is 5.82 Å². The lowest BCUT2D eigenvalue weighted by Crippen LogP contribution is -2.19. The van der Waals surface area contributed by atoms with Crippen LogP contribution in [0.3, 0.4) is 0 Å². The summed E-state index contributed by atoms with van der Waals surface area (Å²) in [6.07, 6.45) is 0. The van der Waals surface area contributed by atoms with E-state index in [2.05, 4.69) is 0 Å². The van der Waals surface area contributed by atoms with Crippen LogP contribution >= 0.6 is 23.2 Å². The summed E-state index contributed by atoms with van der Waals surface area (Å²) >= 11 is 10.7. The number of hydrogen-bond acceptors (Lipinski definition) is 1. The van der Waals surface area contributed by atoms with E-state index in [-0.39, 0.29) is 10.0 Å². The molecule has 1 rings (SSSR count). The maximum Gasteiger partial charge on any atom is 0.297 e. The summed E-state index contributed by atoms with van der Waals surface area (Å²) in [5.41, 5.74) is -0.774. The summed E-state index contributed by atoms with van der Waals surface area (Å²) in [5.74, 6) is -4.57. The Labute approximate surface area is 88.1 Å². The molecule has 0 saturated carbocycles. The van der Waals surface area contributed by atoms with Crippen molar-refractivity contribution in [3.8, 4) is 0 Å². The molecule has 0 atom stereocenters. The standard InChI is InChI=1S/C8H5Cl2F3O/c9-5-2-6(10)7(11)1-4(5)8(12,13)3-14/h1-2,14H,3H2. The fraction of sp³-hybridized carbons (Fsp3) is 0.250. The quantitative estimate of drug-likeness (QED) is 0.793. The van der Waals surface area contributed by atoms with Crippen LogP contribution in [-0.2, 0) is 5.92 Å². The molecule has 0 bridgehead atoms. The molecule has 0 aliphatic rings. The monoisotopic (exact) mass is 244 g/mol. The van der Waals surface area contributed by atoms with Gasteiger partial charge in [0.1, 0.15) is 12.4 Å². The first-order valence-corrected chi connectivity index (χ1v) is 4.28. The first-order valence-electron chi connectivity index (χ1n) is 3.52. The van der Waals surface area contributed by atoms with E-state index in [1.165, 1.54) is 0 Å². The molecule has 1 nitrogen and oxygen atoms in total. The zero-order valence-electron chi connectivity index (χ0n) is 6.70. The number of rotatable bonds is 2. The van der Waals surface area contributed by atoms with Gasteiger partial charge in [-0.1, -0.05) is 23.2 Å². The van der Waals surface area contributed by atoms with Crippen molar-refractivity contribution in [3.05, 3.63) is 33.6 Å². The highest BCUT2D eigenvalue weighted by Crippen LogP contribution is 2.35. The number of aliphatic hydroxyl groups is 1. The molecule has 0 aliphatic heterocycles. The van der Waals surface area contributed by atoms with Gasteiger partial charge in [-0.15, -0.1) is 0 Å². The van der Waals surface area contributed by atoms with Crippen molar-refractivity contribution in [3.63, 3.8) is 0 Å². The van der Waals surface area contributed by atoms with Gasteiger partial charge in [0, 0.05) is 5.56 Å². The Bertz CT molecular complexity index is 355. The van der Waals surface area contributed by atoms with Gasteiger partial charge in [0.15, 0.2) is 0 Å². The second kappa shape index (κ2) is 3.96. The van der Waals surface area contributed by atoms with E-state index < -0.39 is 23.9 Å². The molecule has 0 radical (unpaired) electrons. The second-order valence-corrected chi connectivity index (χ2v) is 3.42. The predicted octanol–water partition coefficient (Wildman–Crippen LogP) is 3.22. The van der Waals surface area contributed by atoms with Crippen molar-refractivity contribution >= 4 is 23.2 Å². The van der Waals surface area contributed by atoms with Crippen molar-refractivity contribution in [2.45, 2.75) is 5.92 Å². The van der Waals surface area contributed by atoms with Gasteiger partial charge < -0.3 is 5.11 Å². The third-order valence-electron chi connectivity index (χ3n) is 1.60. The second-order valence-electron chi connectivity index (χ2n) is 2.61. The molecule has 6 heteroatoms. The van der Waals surface area contributed by atoms with Gasteiger partial charge in [-0.25, -0.2) is 4.39 Å². The summed E-state index contributed by atoms with van der Waals surface area (Å²) < 4.78 is 38.6. The zero-order valence-corrected chi connectivity index (χ0v) is 8.21. The average molecular weight is 245 g/mol. The highest BCUT2D eigenvalue weighted by molar-refractivity contribution is 6.35. The first-order chi connectivity index (χ1) is 6.38. The van der Waals surface area contributed by atoms with Crippen LogP contribution in [0.4, 0.5) is 13.2 Å². The third kappa shape index (κ3) is 2.13. The lowest BCUT2D eigenvalue weighted by molar-refractivity contribution is -0.0557. The summed E-state index contributed by atoms with van der Waals surface area (Å²) in [7, 11) is 0. The molecule has 0 heterocycles. The largest absolute Gasteiger partial charge is 0.390 e. The van der Waals surface area contributed by atoms with Gasteiger partial charge in [0.25, 0.3) is 5.92 Å². The maximum absolute atomic E-state index is 12.9. The van der Waals surface area contributed by atoms with Crippen molar-refractivity contribution in [1.29, 1.82) is 0 Å². The van der Waals surface area contributed by atoms with Gasteiger partial charge >= 0.3 is 0 Å². The Balaban J connectivity index is 3.29. The number of alkyl halides is 2. The molecule has 1 aromatic rings. The highest BCUT2D eigenvalue weighted by atomic mass is 35.5. The van der Waals surface area contributed by atoms with Crippen LogP contribution in [-0.4, -0.2) is 11.7 Å². The van der Waals surface area contributed by atoms with Gasteiger partial charge in [-0.3, -0.25) is 0 Å². The summed E-state index contributed by atoms with van der Waals surface area (Å²) in [6, 6.07) is 1.39. The van der Waals surface area contributed by atoms with E-state index in [1.54, 1.807) is 0 Å². The average Bonchev–Trinajstić information content (AvgIpc) is 2.11. The van der Waals surface area contributed by atoms with Gasteiger partial charge in [0.2, 0.25) is 0 Å². The minimum atomic E-state index is -3.57. The van der Waals surface area contributed by atoms with Gasteiger partial charge in [0.05, 0.1) is 10.0 Å².